The molecule has 0 aliphatic carbocycles. The molecule has 0 aliphatic rings. The average molecular weight is 235 g/mol. The molecule has 0 bridgehead atoms. The number of hydrogen-bond acceptors (Lipinski definition) is 1. The summed E-state index contributed by atoms with van der Waals surface area (Å²) in [7, 11) is -0.260. The van der Waals surface area contributed by atoms with Gasteiger partial charge in [0.2, 0.25) is 0 Å². The molecule has 13 heavy (non-hydrogen) atoms. The summed E-state index contributed by atoms with van der Waals surface area (Å²) >= 11 is 12.1. The highest BCUT2D eigenvalue weighted by atomic mass is 35.6. The molecule has 0 fully saturated rings. The third-order valence-corrected chi connectivity index (χ3v) is 7.05. The van der Waals surface area contributed by atoms with Gasteiger partial charge in [0.05, 0.1) is 7.11 Å². The van der Waals surface area contributed by atoms with E-state index in [2.05, 4.69) is 0 Å². The van der Waals surface area contributed by atoms with Crippen molar-refractivity contribution in [2.75, 3.05) is 12.6 Å². The van der Waals surface area contributed by atoms with Crippen molar-refractivity contribution in [1.82, 2.24) is 0 Å². The Hall–Kier alpha value is -0.183. The van der Waals surface area contributed by atoms with E-state index in [-0.39, 0.29) is 0 Å². The summed E-state index contributed by atoms with van der Waals surface area (Å²) in [6, 6.07) is 7.80. The topological polar surface area (TPSA) is 9.23 Å². The molecule has 0 saturated carbocycles. The van der Waals surface area contributed by atoms with Gasteiger partial charge in [-0.05, 0) is 17.3 Å². The predicted molar refractivity (Wildman–Crippen MR) is 60.8 cm³/mol. The van der Waals surface area contributed by atoms with Crippen LogP contribution in [-0.4, -0.2) is 20.0 Å². The number of hydrogen-bond donors (Lipinski definition) is 0. The van der Waals surface area contributed by atoms with E-state index in [1.54, 1.807) is 7.11 Å². The largest absolute Gasteiger partial charge is 0.497 e. The second-order valence-corrected chi connectivity index (χ2v) is 9.60. The van der Waals surface area contributed by atoms with Crippen molar-refractivity contribution >= 4 is 35.3 Å². The maximum absolute atomic E-state index is 6.31. The highest BCUT2D eigenvalue weighted by Crippen LogP contribution is 2.14. The Labute approximate surface area is 89.3 Å². The van der Waals surface area contributed by atoms with Gasteiger partial charge in [-0.1, -0.05) is 18.7 Å². The average Bonchev–Trinajstić information content (AvgIpc) is 2.18. The molecule has 72 valence electrons. The Balaban J connectivity index is 2.92. The van der Waals surface area contributed by atoms with E-state index in [0.29, 0.717) is 5.50 Å². The number of halogens is 2. The van der Waals surface area contributed by atoms with Crippen LogP contribution < -0.4 is 9.92 Å². The number of alkyl halides is 1. The molecular formula is C9H12Cl2OSi. The summed E-state index contributed by atoms with van der Waals surface area (Å²) in [4.78, 5) is 0. The zero-order valence-electron chi connectivity index (χ0n) is 7.68. The van der Waals surface area contributed by atoms with Crippen molar-refractivity contribution in [1.29, 1.82) is 0 Å². The van der Waals surface area contributed by atoms with Crippen molar-refractivity contribution in [3.8, 4) is 5.75 Å². The van der Waals surface area contributed by atoms with Crippen molar-refractivity contribution < 1.29 is 4.74 Å². The third-order valence-electron chi connectivity index (χ3n) is 1.94. The maximum Gasteiger partial charge on any atom is 0.198 e. The molecule has 1 atom stereocenters. The Morgan fingerprint density at radius 3 is 2.23 bits per heavy atom. The molecule has 1 rings (SSSR count). The molecule has 0 aliphatic heterocycles. The monoisotopic (exact) mass is 234 g/mol. The second kappa shape index (κ2) is 4.36. The zero-order chi connectivity index (χ0) is 9.90. The summed E-state index contributed by atoms with van der Waals surface area (Å²) < 4.78 is 5.05. The zero-order valence-corrected chi connectivity index (χ0v) is 10.2. The minimum absolute atomic E-state index is 0.529. The van der Waals surface area contributed by atoms with Crippen molar-refractivity contribution in [2.24, 2.45) is 0 Å². The molecule has 1 unspecified atom stereocenters. The number of ether oxygens (including phenoxy) is 1. The van der Waals surface area contributed by atoms with Gasteiger partial charge in [-0.3, -0.25) is 0 Å². The summed E-state index contributed by atoms with van der Waals surface area (Å²) in [6.07, 6.45) is 0. The first kappa shape index (κ1) is 10.9. The molecule has 1 aromatic carbocycles. The van der Waals surface area contributed by atoms with Gasteiger partial charge < -0.3 is 4.74 Å². The molecule has 0 aromatic heterocycles. The molecule has 1 aromatic rings. The van der Waals surface area contributed by atoms with Crippen molar-refractivity contribution in [3.05, 3.63) is 24.3 Å². The van der Waals surface area contributed by atoms with Crippen LogP contribution in [0.25, 0.3) is 0 Å². The van der Waals surface area contributed by atoms with Crippen LogP contribution in [0.1, 0.15) is 0 Å². The standard InChI is InChI=1S/C9H12Cl2OSi/c1-12-8-3-5-9(6-4-8)13(2,11)7-10/h3-6H,7H2,1-2H3. The van der Waals surface area contributed by atoms with Gasteiger partial charge in [0, 0.05) is 5.50 Å². The van der Waals surface area contributed by atoms with Gasteiger partial charge in [-0.15, -0.1) is 11.6 Å². The normalized spacial score (nSPS) is 15.1. The summed E-state index contributed by atoms with van der Waals surface area (Å²) in [5.41, 5.74) is 0.529. The van der Waals surface area contributed by atoms with Gasteiger partial charge in [-0.2, -0.15) is 11.1 Å². The first-order valence-corrected chi connectivity index (χ1v) is 8.25. The van der Waals surface area contributed by atoms with E-state index in [4.69, 9.17) is 27.4 Å². The highest BCUT2D eigenvalue weighted by molar-refractivity contribution is 7.28. The SMILES string of the molecule is COc1ccc([Si](C)(Cl)CCl)cc1. The molecule has 0 radical (unpaired) electrons. The smallest absolute Gasteiger partial charge is 0.198 e. The maximum atomic E-state index is 6.31. The summed E-state index contributed by atoms with van der Waals surface area (Å²) in [6.45, 7) is 2.03. The van der Waals surface area contributed by atoms with E-state index in [1.165, 1.54) is 0 Å². The fourth-order valence-electron chi connectivity index (χ4n) is 1.02. The summed E-state index contributed by atoms with van der Waals surface area (Å²) in [5.74, 6) is 0.847. The predicted octanol–water partition coefficient (Wildman–Crippen LogP) is 2.49. The van der Waals surface area contributed by atoms with Crippen LogP contribution in [0.3, 0.4) is 0 Å². The summed E-state index contributed by atoms with van der Waals surface area (Å²) in [5, 5.41) is 1.14. The van der Waals surface area contributed by atoms with Crippen LogP contribution in [0.5, 0.6) is 5.75 Å². The lowest BCUT2D eigenvalue weighted by Gasteiger charge is -2.16. The van der Waals surface area contributed by atoms with Gasteiger partial charge in [-0.25, -0.2) is 0 Å². The lowest BCUT2D eigenvalue weighted by molar-refractivity contribution is 0.415. The lowest BCUT2D eigenvalue weighted by atomic mass is 10.3. The molecule has 1 nitrogen and oxygen atoms in total. The van der Waals surface area contributed by atoms with E-state index >= 15 is 0 Å². The first-order chi connectivity index (χ1) is 6.10. The van der Waals surface area contributed by atoms with Crippen LogP contribution in [0, 0.1) is 0 Å². The Morgan fingerprint density at radius 2 is 1.85 bits per heavy atom. The molecule has 0 heterocycles. The first-order valence-electron chi connectivity index (χ1n) is 3.99. The van der Waals surface area contributed by atoms with Crippen LogP contribution >= 0.6 is 22.7 Å². The fraction of sp³-hybridized carbons (Fsp3) is 0.333. The van der Waals surface area contributed by atoms with Gasteiger partial charge in [0.15, 0.2) is 7.38 Å². The highest BCUT2D eigenvalue weighted by Gasteiger charge is 2.25. The Morgan fingerprint density at radius 1 is 1.31 bits per heavy atom. The minimum Gasteiger partial charge on any atom is -0.497 e. The van der Waals surface area contributed by atoms with E-state index < -0.39 is 7.38 Å². The van der Waals surface area contributed by atoms with E-state index in [0.717, 1.165) is 10.9 Å². The number of rotatable bonds is 3. The Kier molecular flexibility index (Phi) is 3.65. The van der Waals surface area contributed by atoms with Crippen LogP contribution in [0.15, 0.2) is 24.3 Å². The quantitative estimate of drug-likeness (QED) is 0.444. The van der Waals surface area contributed by atoms with Crippen LogP contribution in [-0.2, 0) is 0 Å². The third kappa shape index (κ3) is 2.63. The van der Waals surface area contributed by atoms with Crippen LogP contribution in [0.2, 0.25) is 6.55 Å². The fourth-order valence-corrected chi connectivity index (χ4v) is 2.87. The molecule has 0 spiro atoms. The molecule has 4 heteroatoms. The van der Waals surface area contributed by atoms with Crippen molar-refractivity contribution in [2.45, 2.75) is 6.55 Å². The molecule has 0 saturated heterocycles. The van der Waals surface area contributed by atoms with E-state index in [1.807, 2.05) is 30.8 Å². The minimum atomic E-state index is -1.91. The molecular weight excluding hydrogens is 223 g/mol. The molecule has 0 N–H and O–H groups in total. The van der Waals surface area contributed by atoms with Gasteiger partial charge in [0.25, 0.3) is 0 Å². The van der Waals surface area contributed by atoms with Crippen LogP contribution in [0.4, 0.5) is 0 Å². The number of benzene rings is 1. The van der Waals surface area contributed by atoms with E-state index in [9.17, 15) is 0 Å². The molecule has 0 amide bonds. The number of methoxy groups -OCH3 is 1. The lowest BCUT2D eigenvalue weighted by Crippen LogP contribution is -2.41. The Bertz CT molecular complexity index is 271. The second-order valence-electron chi connectivity index (χ2n) is 3.06. The van der Waals surface area contributed by atoms with Gasteiger partial charge >= 0.3 is 0 Å². The van der Waals surface area contributed by atoms with Crippen molar-refractivity contribution in [3.63, 3.8) is 0 Å². The van der Waals surface area contributed by atoms with Gasteiger partial charge in [0.1, 0.15) is 5.75 Å².